The van der Waals surface area contributed by atoms with Gasteiger partial charge in [-0.15, -0.1) is 0 Å². The Kier molecular flexibility index (Phi) is 6.68. The van der Waals surface area contributed by atoms with Crippen molar-refractivity contribution < 1.29 is 0 Å². The highest BCUT2D eigenvalue weighted by atomic mass is 14.8. The van der Waals surface area contributed by atoms with Gasteiger partial charge in [0, 0.05) is 32.6 Å². The lowest BCUT2D eigenvalue weighted by molar-refractivity contribution is 0.591. The highest BCUT2D eigenvalue weighted by Crippen LogP contribution is 2.41. The number of nitrogens with zero attached hydrogens (tertiary/aromatic N) is 2. The van der Waals surface area contributed by atoms with Crippen LogP contribution in [0.15, 0.2) is 106 Å². The lowest BCUT2D eigenvalue weighted by atomic mass is 9.88. The third kappa shape index (κ3) is 4.73. The smallest absolute Gasteiger partial charge is 0.0737 e. The van der Waals surface area contributed by atoms with Crippen LogP contribution in [0.1, 0.15) is 81.7 Å². The minimum atomic E-state index is 0.0505. The van der Waals surface area contributed by atoms with E-state index >= 15 is 0 Å². The summed E-state index contributed by atoms with van der Waals surface area (Å²) in [5, 5.41) is 4.52. The van der Waals surface area contributed by atoms with E-state index in [4.69, 9.17) is 9.98 Å². The molecular weight excluding hydrogens is 558 g/mol. The summed E-state index contributed by atoms with van der Waals surface area (Å²) >= 11 is 0. The highest BCUT2D eigenvalue weighted by Gasteiger charge is 2.24. The van der Waals surface area contributed by atoms with Crippen LogP contribution in [0.25, 0.3) is 51.9 Å². The molecule has 226 valence electrons. The Hall–Kier alpha value is -5.02. The number of fused-ring (bicyclic) bond motifs is 15. The van der Waals surface area contributed by atoms with Crippen molar-refractivity contribution in [3.05, 3.63) is 134 Å². The summed E-state index contributed by atoms with van der Waals surface area (Å²) < 4.78 is 0. The molecule has 3 aromatic rings. The van der Waals surface area contributed by atoms with Crippen LogP contribution in [-0.4, -0.2) is 16.4 Å². The van der Waals surface area contributed by atoms with Gasteiger partial charge in [0.15, 0.2) is 0 Å². The van der Waals surface area contributed by atoms with Crippen molar-refractivity contribution in [1.82, 2.24) is 4.98 Å². The number of allylic oxidation sites excluding steroid dienone is 2. The molecular formula is C43H39N3. The summed E-state index contributed by atoms with van der Waals surface area (Å²) in [5.41, 5.74) is 15.2. The maximum atomic E-state index is 5.34. The lowest BCUT2D eigenvalue weighted by Gasteiger charge is -2.17. The van der Waals surface area contributed by atoms with Gasteiger partial charge in [0.2, 0.25) is 0 Å². The number of aromatic nitrogens is 1. The molecule has 0 saturated carbocycles. The van der Waals surface area contributed by atoms with Crippen LogP contribution in [0.3, 0.4) is 0 Å². The summed E-state index contributed by atoms with van der Waals surface area (Å²) in [7, 11) is 0. The molecule has 8 rings (SSSR count). The van der Waals surface area contributed by atoms with E-state index in [2.05, 4.69) is 143 Å². The molecule has 3 nitrogen and oxygen atoms in total. The molecule has 3 aliphatic heterocycles. The van der Waals surface area contributed by atoms with E-state index in [-0.39, 0.29) is 5.41 Å². The molecule has 0 amide bonds. The summed E-state index contributed by atoms with van der Waals surface area (Å²) in [5.74, 6) is 0. The lowest BCUT2D eigenvalue weighted by Crippen LogP contribution is -2.14. The molecule has 0 spiro atoms. The molecule has 0 fully saturated rings. The molecule has 3 heteroatoms. The first-order chi connectivity index (χ1) is 22.3. The Labute approximate surface area is 271 Å². The summed E-state index contributed by atoms with van der Waals surface area (Å²) in [4.78, 5) is 14.4. The van der Waals surface area contributed by atoms with Gasteiger partial charge < -0.3 is 4.98 Å². The SMILES string of the molecule is CCCCC1=C(C)C2=NC1=Cc1cc(c3ccc(C(C)(C)C)ccc1-3)C=C1N=C(C=c3[nH]c(c4ccccc34)=C2)c2ccccc21. The van der Waals surface area contributed by atoms with Gasteiger partial charge in [-0.05, 0) is 94.5 Å². The zero-order valence-corrected chi connectivity index (χ0v) is 27.3. The fourth-order valence-electron chi connectivity index (χ4n) is 7.13. The third-order valence-electron chi connectivity index (χ3n) is 9.76. The van der Waals surface area contributed by atoms with Crippen LogP contribution < -0.4 is 10.7 Å². The number of nitrogens with one attached hydrogen (secondary N) is 1. The zero-order chi connectivity index (χ0) is 31.6. The van der Waals surface area contributed by atoms with Gasteiger partial charge in [-0.1, -0.05) is 107 Å². The van der Waals surface area contributed by atoms with Gasteiger partial charge in [-0.25, -0.2) is 9.98 Å². The molecule has 0 atom stereocenters. The molecule has 8 bridgehead atoms. The van der Waals surface area contributed by atoms with Crippen molar-refractivity contribution in [3.63, 3.8) is 0 Å². The molecule has 0 unspecified atom stereocenters. The molecule has 5 aliphatic rings. The van der Waals surface area contributed by atoms with E-state index in [1.165, 1.54) is 49.7 Å². The topological polar surface area (TPSA) is 40.5 Å². The van der Waals surface area contributed by atoms with E-state index in [1.54, 1.807) is 0 Å². The van der Waals surface area contributed by atoms with Crippen molar-refractivity contribution in [3.8, 4) is 11.1 Å². The predicted octanol–water partition coefficient (Wildman–Crippen LogP) is 9.45. The van der Waals surface area contributed by atoms with Gasteiger partial charge in [0.1, 0.15) is 0 Å². The fourth-order valence-corrected chi connectivity index (χ4v) is 7.13. The summed E-state index contributed by atoms with van der Waals surface area (Å²) in [6.45, 7) is 11.3. The van der Waals surface area contributed by atoms with Gasteiger partial charge in [0.25, 0.3) is 0 Å². The minimum absolute atomic E-state index is 0.0505. The Bertz CT molecular complexity index is 2330. The van der Waals surface area contributed by atoms with E-state index in [1.807, 2.05) is 0 Å². The molecule has 2 aliphatic carbocycles. The number of aliphatic imine (C=N–C) groups is 2. The van der Waals surface area contributed by atoms with Crippen LogP contribution in [0.4, 0.5) is 0 Å². The monoisotopic (exact) mass is 597 g/mol. The predicted molar refractivity (Wildman–Crippen MR) is 197 cm³/mol. The average molecular weight is 598 g/mol. The second-order valence-electron chi connectivity index (χ2n) is 13.8. The fraction of sp³-hybridized carbons (Fsp3) is 0.209. The second-order valence-corrected chi connectivity index (χ2v) is 13.8. The van der Waals surface area contributed by atoms with Crippen LogP contribution in [0.2, 0.25) is 0 Å². The number of benzene rings is 2. The summed E-state index contributed by atoms with van der Waals surface area (Å²) in [6, 6.07) is 28.8. The number of aromatic amines is 1. The number of rotatable bonds is 3. The van der Waals surface area contributed by atoms with Crippen molar-refractivity contribution in [1.29, 1.82) is 0 Å². The Balaban J connectivity index is 1.47. The Morgan fingerprint density at radius 2 is 1.22 bits per heavy atom. The first-order valence-electron chi connectivity index (χ1n) is 16.6. The van der Waals surface area contributed by atoms with E-state index in [0.717, 1.165) is 63.9 Å². The second kappa shape index (κ2) is 10.8. The number of hydrogen-bond donors (Lipinski definition) is 1. The summed E-state index contributed by atoms with van der Waals surface area (Å²) in [6.07, 6.45) is 12.4. The Morgan fingerprint density at radius 3 is 1.87 bits per heavy atom. The molecule has 4 heterocycles. The average Bonchev–Trinajstić information content (AvgIpc) is 3.69. The van der Waals surface area contributed by atoms with Gasteiger partial charge in [-0.2, -0.15) is 0 Å². The molecule has 0 saturated heterocycles. The first kappa shape index (κ1) is 28.5. The number of unbranched alkanes of at least 4 members (excludes halogenated alkanes) is 1. The third-order valence-corrected chi connectivity index (χ3v) is 9.76. The Morgan fingerprint density at radius 1 is 0.630 bits per heavy atom. The van der Waals surface area contributed by atoms with Crippen LogP contribution in [-0.2, 0) is 5.41 Å². The first-order valence-corrected chi connectivity index (χ1v) is 16.6. The molecule has 1 N–H and O–H groups in total. The zero-order valence-electron chi connectivity index (χ0n) is 27.3. The molecule has 1 aromatic heterocycles. The largest absolute Gasteiger partial charge is 0.354 e. The van der Waals surface area contributed by atoms with Crippen LogP contribution >= 0.6 is 0 Å². The quantitative estimate of drug-likeness (QED) is 0.215. The molecule has 46 heavy (non-hydrogen) atoms. The van der Waals surface area contributed by atoms with Gasteiger partial charge >= 0.3 is 0 Å². The van der Waals surface area contributed by atoms with Gasteiger partial charge in [0.05, 0.1) is 22.8 Å². The van der Waals surface area contributed by atoms with Crippen molar-refractivity contribution in [2.24, 2.45) is 9.98 Å². The normalized spacial score (nSPS) is 15.7. The minimum Gasteiger partial charge on any atom is -0.354 e. The number of hydrogen-bond acceptors (Lipinski definition) is 2. The van der Waals surface area contributed by atoms with Crippen molar-refractivity contribution in [2.75, 3.05) is 0 Å². The van der Waals surface area contributed by atoms with Crippen LogP contribution in [0.5, 0.6) is 0 Å². The van der Waals surface area contributed by atoms with Crippen LogP contribution in [0, 0.1) is 0 Å². The van der Waals surface area contributed by atoms with Crippen molar-refractivity contribution >= 4 is 52.2 Å². The highest BCUT2D eigenvalue weighted by molar-refractivity contribution is 6.28. The molecule has 0 radical (unpaired) electrons. The molecule has 2 aromatic carbocycles. The maximum absolute atomic E-state index is 5.34. The maximum Gasteiger partial charge on any atom is 0.0737 e. The van der Waals surface area contributed by atoms with E-state index in [9.17, 15) is 0 Å². The van der Waals surface area contributed by atoms with Gasteiger partial charge in [-0.3, -0.25) is 0 Å². The van der Waals surface area contributed by atoms with E-state index < -0.39 is 0 Å². The standard InChI is InChI=1S/C43H39N3/c1-6-7-12-30-26(2)37-24-40-35-15-10-11-16-36(35)42(46-40)25-41-34-14-9-8-13-33(34)39(45-41)23-28-21-27(22-38(30)44-37)31-19-17-29(43(3,4)5)18-20-32(28)31/h8-11,13-25,46H,6-7,12H2,1-5H3. The van der Waals surface area contributed by atoms with Crippen molar-refractivity contribution in [2.45, 2.75) is 59.3 Å². The number of H-pyrrole nitrogens is 1. The van der Waals surface area contributed by atoms with E-state index in [0.29, 0.717) is 0 Å².